The van der Waals surface area contributed by atoms with Gasteiger partial charge in [0.1, 0.15) is 0 Å². The molecule has 1 aromatic rings. The number of H-pyrrole nitrogens is 1. The Labute approximate surface area is 128 Å². The van der Waals surface area contributed by atoms with Gasteiger partial charge in [0.2, 0.25) is 0 Å². The number of unbranched alkanes of at least 4 members (excludes halogenated alkanes) is 1. The van der Waals surface area contributed by atoms with Crippen LogP contribution in [0.3, 0.4) is 0 Å². The monoisotopic (exact) mass is 296 g/mol. The van der Waals surface area contributed by atoms with Crippen molar-refractivity contribution in [3.63, 3.8) is 0 Å². The minimum absolute atomic E-state index is 0.713. The summed E-state index contributed by atoms with van der Waals surface area (Å²) in [5.41, 5.74) is 12.3. The molecule has 0 saturated heterocycles. The van der Waals surface area contributed by atoms with E-state index in [4.69, 9.17) is 11.5 Å². The number of rotatable bonds is 14. The van der Waals surface area contributed by atoms with Gasteiger partial charge in [0.25, 0.3) is 0 Å². The van der Waals surface area contributed by atoms with E-state index in [0.29, 0.717) is 6.54 Å². The van der Waals surface area contributed by atoms with Gasteiger partial charge in [-0.2, -0.15) is 0 Å². The van der Waals surface area contributed by atoms with Gasteiger partial charge in [-0.3, -0.25) is 0 Å². The fourth-order valence-electron chi connectivity index (χ4n) is 2.38. The third kappa shape index (κ3) is 9.57. The van der Waals surface area contributed by atoms with E-state index < -0.39 is 0 Å². The Morgan fingerprint density at radius 2 is 1.81 bits per heavy atom. The van der Waals surface area contributed by atoms with E-state index in [0.717, 1.165) is 52.1 Å². The van der Waals surface area contributed by atoms with Crippen LogP contribution >= 0.6 is 0 Å². The lowest BCUT2D eigenvalue weighted by atomic mass is 10.2. The van der Waals surface area contributed by atoms with Crippen LogP contribution in [0.5, 0.6) is 0 Å². The molecule has 1 heterocycles. The van der Waals surface area contributed by atoms with Crippen molar-refractivity contribution in [2.24, 2.45) is 11.5 Å². The Balaban J connectivity index is 2.16. The van der Waals surface area contributed by atoms with E-state index >= 15 is 0 Å². The Morgan fingerprint density at radius 1 is 1.00 bits per heavy atom. The van der Waals surface area contributed by atoms with Crippen molar-refractivity contribution in [3.8, 4) is 0 Å². The third-order valence-corrected chi connectivity index (χ3v) is 3.55. The molecule has 0 aromatic carbocycles. The van der Waals surface area contributed by atoms with Gasteiger partial charge in [0, 0.05) is 25.0 Å². The average Bonchev–Trinajstić information content (AvgIpc) is 3.00. The minimum Gasteiger partial charge on any atom is -0.348 e. The van der Waals surface area contributed by atoms with Crippen molar-refractivity contribution < 1.29 is 0 Å². The minimum atomic E-state index is 0.713. The van der Waals surface area contributed by atoms with Crippen LogP contribution in [-0.4, -0.2) is 60.7 Å². The van der Waals surface area contributed by atoms with Gasteiger partial charge in [0.15, 0.2) is 0 Å². The second-order valence-corrected chi connectivity index (χ2v) is 5.41. The van der Waals surface area contributed by atoms with Crippen LogP contribution < -0.4 is 16.8 Å². The van der Waals surface area contributed by atoms with E-state index in [-0.39, 0.29) is 0 Å². The van der Waals surface area contributed by atoms with Crippen molar-refractivity contribution in [2.45, 2.75) is 32.1 Å². The number of aryl methyl sites for hydroxylation is 1. The molecule has 0 fully saturated rings. The maximum Gasteiger partial charge on any atom is 0.0921 e. The van der Waals surface area contributed by atoms with Crippen LogP contribution in [0.2, 0.25) is 0 Å². The number of nitrogens with zero attached hydrogens (tertiary/aromatic N) is 2. The van der Waals surface area contributed by atoms with E-state index in [1.807, 2.05) is 6.20 Å². The van der Waals surface area contributed by atoms with Crippen LogP contribution in [0.25, 0.3) is 0 Å². The molecular weight excluding hydrogens is 264 g/mol. The fraction of sp³-hybridized carbons (Fsp3) is 0.800. The Hall–Kier alpha value is -0.950. The van der Waals surface area contributed by atoms with Gasteiger partial charge in [-0.25, -0.2) is 4.98 Å². The van der Waals surface area contributed by atoms with Gasteiger partial charge < -0.3 is 26.7 Å². The number of nitrogens with two attached hydrogens (primary N) is 2. The largest absolute Gasteiger partial charge is 0.348 e. The van der Waals surface area contributed by atoms with E-state index in [1.54, 1.807) is 6.33 Å². The molecule has 0 atom stereocenters. The molecule has 6 N–H and O–H groups in total. The predicted molar refractivity (Wildman–Crippen MR) is 88.2 cm³/mol. The van der Waals surface area contributed by atoms with Crippen molar-refractivity contribution >= 4 is 0 Å². The number of aromatic nitrogens is 2. The van der Waals surface area contributed by atoms with Gasteiger partial charge in [-0.15, -0.1) is 0 Å². The molecule has 0 aliphatic heterocycles. The zero-order valence-electron chi connectivity index (χ0n) is 13.2. The highest BCUT2D eigenvalue weighted by molar-refractivity contribution is 4.93. The highest BCUT2D eigenvalue weighted by Crippen LogP contribution is 2.02. The second-order valence-electron chi connectivity index (χ2n) is 5.41. The Morgan fingerprint density at radius 3 is 2.52 bits per heavy atom. The normalized spacial score (nSPS) is 11.4. The predicted octanol–water partition coefficient (Wildman–Crippen LogP) is 0.322. The first kappa shape index (κ1) is 18.1. The van der Waals surface area contributed by atoms with Crippen LogP contribution in [0.1, 0.15) is 31.4 Å². The number of nitrogens with one attached hydrogen (secondary N) is 2. The molecule has 6 heteroatoms. The second kappa shape index (κ2) is 12.8. The molecule has 122 valence electrons. The van der Waals surface area contributed by atoms with E-state index in [2.05, 4.69) is 20.2 Å². The molecule has 0 radical (unpaired) electrons. The average molecular weight is 296 g/mol. The van der Waals surface area contributed by atoms with Crippen molar-refractivity contribution in [1.29, 1.82) is 0 Å². The first-order valence-electron chi connectivity index (χ1n) is 8.17. The molecular formula is C15H32N6. The lowest BCUT2D eigenvalue weighted by molar-refractivity contribution is 0.261. The number of aromatic amines is 1. The van der Waals surface area contributed by atoms with Crippen LogP contribution in [-0.2, 0) is 6.42 Å². The fourth-order valence-corrected chi connectivity index (χ4v) is 2.38. The molecule has 0 aliphatic carbocycles. The molecule has 0 amide bonds. The SMILES string of the molecule is NCCCCN(CCCNCCN)CCCc1cnc[nH]1. The maximum atomic E-state index is 5.58. The molecule has 0 spiro atoms. The summed E-state index contributed by atoms with van der Waals surface area (Å²) in [6, 6.07) is 0. The van der Waals surface area contributed by atoms with Gasteiger partial charge in [-0.1, -0.05) is 0 Å². The molecule has 0 bridgehead atoms. The standard InChI is InChI=1S/C15H32N6/c16-6-1-2-10-21(12-4-8-18-9-7-17)11-3-5-15-13-19-14-20-15/h13-14,18H,1-12,16-17H2,(H,19,20). The topological polar surface area (TPSA) is 96.0 Å². The third-order valence-electron chi connectivity index (χ3n) is 3.55. The molecule has 0 unspecified atom stereocenters. The Kier molecular flexibility index (Phi) is 11.0. The van der Waals surface area contributed by atoms with E-state index in [1.165, 1.54) is 25.0 Å². The number of imidazole rings is 1. The quantitative estimate of drug-likeness (QED) is 0.371. The maximum absolute atomic E-state index is 5.58. The summed E-state index contributed by atoms with van der Waals surface area (Å²) in [4.78, 5) is 9.77. The summed E-state index contributed by atoms with van der Waals surface area (Å²) in [6.07, 6.45) is 9.37. The van der Waals surface area contributed by atoms with E-state index in [9.17, 15) is 0 Å². The summed E-state index contributed by atoms with van der Waals surface area (Å²) < 4.78 is 0. The molecule has 0 aliphatic rings. The van der Waals surface area contributed by atoms with Crippen molar-refractivity contribution in [1.82, 2.24) is 20.2 Å². The Bertz CT molecular complexity index is 314. The lowest BCUT2D eigenvalue weighted by Gasteiger charge is -2.22. The summed E-state index contributed by atoms with van der Waals surface area (Å²) in [6.45, 7) is 6.89. The molecule has 21 heavy (non-hydrogen) atoms. The molecule has 1 aromatic heterocycles. The van der Waals surface area contributed by atoms with Gasteiger partial charge in [-0.05, 0) is 64.8 Å². The number of hydrogen-bond acceptors (Lipinski definition) is 5. The molecule has 1 rings (SSSR count). The summed E-state index contributed by atoms with van der Waals surface area (Å²) in [5.74, 6) is 0. The summed E-state index contributed by atoms with van der Waals surface area (Å²) >= 11 is 0. The zero-order valence-corrected chi connectivity index (χ0v) is 13.2. The zero-order chi connectivity index (χ0) is 15.2. The summed E-state index contributed by atoms with van der Waals surface area (Å²) in [5, 5.41) is 3.35. The van der Waals surface area contributed by atoms with Gasteiger partial charge in [0.05, 0.1) is 6.33 Å². The van der Waals surface area contributed by atoms with Crippen molar-refractivity contribution in [3.05, 3.63) is 18.2 Å². The van der Waals surface area contributed by atoms with Crippen LogP contribution in [0, 0.1) is 0 Å². The highest BCUT2D eigenvalue weighted by Gasteiger charge is 2.05. The smallest absolute Gasteiger partial charge is 0.0921 e. The highest BCUT2D eigenvalue weighted by atomic mass is 15.1. The van der Waals surface area contributed by atoms with Crippen LogP contribution in [0.4, 0.5) is 0 Å². The van der Waals surface area contributed by atoms with Crippen LogP contribution in [0.15, 0.2) is 12.5 Å². The molecule has 6 nitrogen and oxygen atoms in total. The number of hydrogen-bond donors (Lipinski definition) is 4. The molecule has 0 saturated carbocycles. The van der Waals surface area contributed by atoms with Crippen molar-refractivity contribution in [2.75, 3.05) is 45.8 Å². The van der Waals surface area contributed by atoms with Gasteiger partial charge >= 0.3 is 0 Å². The summed E-state index contributed by atoms with van der Waals surface area (Å²) in [7, 11) is 0. The first-order valence-corrected chi connectivity index (χ1v) is 8.17. The first-order chi connectivity index (χ1) is 10.4. The lowest BCUT2D eigenvalue weighted by Crippen LogP contribution is -2.31.